The number of carbonyl (C=O) groups is 1. The molecule has 152 valence electrons. The molecule has 2 unspecified atom stereocenters. The molecule has 4 rings (SSSR count). The minimum atomic E-state index is -3.05. The van der Waals surface area contributed by atoms with E-state index in [2.05, 4.69) is 10.3 Å². The molecule has 1 fully saturated rings. The molecule has 6 nitrogen and oxygen atoms in total. The number of carbonyl (C=O) groups excluding carboxylic acids is 1. The average molecular weight is 434 g/mol. The van der Waals surface area contributed by atoms with Crippen molar-refractivity contribution in [2.45, 2.75) is 18.2 Å². The van der Waals surface area contributed by atoms with Crippen LogP contribution in [0.1, 0.15) is 5.56 Å². The van der Waals surface area contributed by atoms with Crippen LogP contribution in [-0.2, 0) is 14.6 Å². The van der Waals surface area contributed by atoms with E-state index in [1.54, 1.807) is 0 Å². The molecular weight excluding hydrogens is 413 g/mol. The van der Waals surface area contributed by atoms with E-state index >= 15 is 0 Å². The van der Waals surface area contributed by atoms with Gasteiger partial charge in [0.2, 0.25) is 5.91 Å². The smallest absolute Gasteiger partial charge is 0.244 e. The summed E-state index contributed by atoms with van der Waals surface area (Å²) in [4.78, 5) is 19.1. The zero-order valence-corrected chi connectivity index (χ0v) is 17.3. The molecule has 2 heterocycles. The van der Waals surface area contributed by atoms with E-state index < -0.39 is 9.84 Å². The van der Waals surface area contributed by atoms with Crippen LogP contribution in [0.3, 0.4) is 0 Å². The summed E-state index contributed by atoms with van der Waals surface area (Å²) >= 11 is 1.41. The number of aryl methyl sites for hydroxylation is 1. The van der Waals surface area contributed by atoms with Crippen LogP contribution < -0.4 is 10.2 Å². The maximum absolute atomic E-state index is 13.1. The second-order valence-corrected chi connectivity index (χ2v) is 10.6. The normalized spacial score (nSPS) is 22.1. The number of amidine groups is 1. The third kappa shape index (κ3) is 4.62. The molecule has 0 bridgehead atoms. The van der Waals surface area contributed by atoms with Gasteiger partial charge in [-0.1, -0.05) is 23.9 Å². The van der Waals surface area contributed by atoms with Crippen LogP contribution in [0.4, 0.5) is 15.8 Å². The highest BCUT2D eigenvalue weighted by Crippen LogP contribution is 2.36. The van der Waals surface area contributed by atoms with E-state index in [1.165, 1.54) is 36.0 Å². The molecular formula is C20H20FN3O3S2. The molecule has 0 aliphatic carbocycles. The number of anilines is 2. The second-order valence-electron chi connectivity index (χ2n) is 7.19. The van der Waals surface area contributed by atoms with Gasteiger partial charge in [0.1, 0.15) is 12.4 Å². The summed E-state index contributed by atoms with van der Waals surface area (Å²) in [6, 6.07) is 13.0. The highest BCUT2D eigenvalue weighted by molar-refractivity contribution is 8.15. The zero-order valence-electron chi connectivity index (χ0n) is 15.7. The molecule has 0 radical (unpaired) electrons. The van der Waals surface area contributed by atoms with E-state index in [0.29, 0.717) is 10.9 Å². The maximum Gasteiger partial charge on any atom is 0.244 e. The molecule has 1 saturated heterocycles. The van der Waals surface area contributed by atoms with Gasteiger partial charge in [0.05, 0.1) is 17.5 Å². The zero-order chi connectivity index (χ0) is 20.6. The number of rotatable bonds is 4. The first kappa shape index (κ1) is 19.9. The Bertz CT molecular complexity index is 1070. The van der Waals surface area contributed by atoms with Crippen LogP contribution in [-0.4, -0.2) is 48.8 Å². The van der Waals surface area contributed by atoms with Crippen molar-refractivity contribution < 1.29 is 17.6 Å². The van der Waals surface area contributed by atoms with Crippen molar-refractivity contribution in [3.8, 4) is 0 Å². The van der Waals surface area contributed by atoms with E-state index in [-0.39, 0.29) is 41.1 Å². The number of nitrogens with one attached hydrogen (secondary N) is 1. The second kappa shape index (κ2) is 7.79. The van der Waals surface area contributed by atoms with Gasteiger partial charge in [-0.05, 0) is 48.9 Å². The van der Waals surface area contributed by atoms with E-state index in [1.807, 2.05) is 36.1 Å². The summed E-state index contributed by atoms with van der Waals surface area (Å²) in [5.74, 6) is -0.482. The molecule has 2 aliphatic heterocycles. The van der Waals surface area contributed by atoms with Gasteiger partial charge in [0.25, 0.3) is 0 Å². The summed E-state index contributed by atoms with van der Waals surface area (Å²) in [6.07, 6.45) is 0. The van der Waals surface area contributed by atoms with Gasteiger partial charge in [0.15, 0.2) is 15.0 Å². The lowest BCUT2D eigenvalue weighted by Gasteiger charge is -2.24. The van der Waals surface area contributed by atoms with Crippen molar-refractivity contribution in [1.82, 2.24) is 0 Å². The topological polar surface area (TPSA) is 78.8 Å². The Morgan fingerprint density at radius 3 is 2.69 bits per heavy atom. The van der Waals surface area contributed by atoms with Gasteiger partial charge in [-0.25, -0.2) is 12.8 Å². The number of amides is 1. The van der Waals surface area contributed by atoms with Crippen LogP contribution in [0.15, 0.2) is 53.5 Å². The lowest BCUT2D eigenvalue weighted by Crippen LogP contribution is -2.36. The highest BCUT2D eigenvalue weighted by Gasteiger charge is 2.44. The first-order valence-electron chi connectivity index (χ1n) is 9.13. The van der Waals surface area contributed by atoms with Crippen molar-refractivity contribution >= 4 is 44.0 Å². The molecule has 1 amide bonds. The average Bonchev–Trinajstić information content (AvgIpc) is 3.15. The largest absolute Gasteiger partial charge is 0.325 e. The van der Waals surface area contributed by atoms with Gasteiger partial charge in [-0.2, -0.15) is 0 Å². The van der Waals surface area contributed by atoms with Gasteiger partial charge < -0.3 is 10.2 Å². The van der Waals surface area contributed by atoms with Gasteiger partial charge in [0, 0.05) is 16.6 Å². The number of nitrogens with zero attached hydrogens (tertiary/aromatic N) is 2. The Labute approximate surface area is 173 Å². The number of aliphatic imine (C=N–C) groups is 1. The standard InChI is InChI=1S/C20H20FN3O3S2/c1-13-3-2-4-16(9-13)24(10-19(25)22-15-7-5-14(21)6-8-15)20-23-17-11-29(26,27)12-18(17)28-20/h2-9,17-18H,10-12H2,1H3,(H,22,25). The monoisotopic (exact) mass is 433 g/mol. The SMILES string of the molecule is Cc1cccc(N(CC(=O)Nc2ccc(F)cc2)C2=NC3CS(=O)(=O)CC3S2)c1. The minimum Gasteiger partial charge on any atom is -0.325 e. The van der Waals surface area contributed by atoms with Crippen molar-refractivity contribution in [3.63, 3.8) is 0 Å². The molecule has 2 aliphatic rings. The van der Waals surface area contributed by atoms with Crippen LogP contribution >= 0.6 is 11.8 Å². The summed E-state index contributed by atoms with van der Waals surface area (Å²) < 4.78 is 36.8. The molecule has 0 aromatic heterocycles. The summed E-state index contributed by atoms with van der Waals surface area (Å²) in [5, 5.41) is 3.30. The fourth-order valence-corrected chi connectivity index (χ4v) is 7.19. The number of hydrogen-bond acceptors (Lipinski definition) is 6. The van der Waals surface area contributed by atoms with Crippen molar-refractivity contribution in [1.29, 1.82) is 0 Å². The fourth-order valence-electron chi connectivity index (χ4n) is 3.41. The highest BCUT2D eigenvalue weighted by atomic mass is 32.2. The van der Waals surface area contributed by atoms with Gasteiger partial charge in [-0.15, -0.1) is 0 Å². The first-order chi connectivity index (χ1) is 13.8. The van der Waals surface area contributed by atoms with E-state index in [0.717, 1.165) is 11.3 Å². The Morgan fingerprint density at radius 2 is 2.00 bits per heavy atom. The molecule has 1 N–H and O–H groups in total. The van der Waals surface area contributed by atoms with Crippen LogP contribution in [0.5, 0.6) is 0 Å². The molecule has 0 spiro atoms. The number of fused-ring (bicyclic) bond motifs is 1. The molecule has 29 heavy (non-hydrogen) atoms. The number of thioether (sulfide) groups is 1. The lowest BCUT2D eigenvalue weighted by atomic mass is 10.2. The van der Waals surface area contributed by atoms with Crippen molar-refractivity contribution in [3.05, 3.63) is 59.9 Å². The van der Waals surface area contributed by atoms with Crippen molar-refractivity contribution in [2.24, 2.45) is 4.99 Å². The lowest BCUT2D eigenvalue weighted by molar-refractivity contribution is -0.114. The van der Waals surface area contributed by atoms with Crippen LogP contribution in [0.25, 0.3) is 0 Å². The number of hydrogen-bond donors (Lipinski definition) is 1. The summed E-state index contributed by atoms with van der Waals surface area (Å²) in [6.45, 7) is 1.98. The summed E-state index contributed by atoms with van der Waals surface area (Å²) in [7, 11) is -3.05. The quantitative estimate of drug-likeness (QED) is 0.802. The third-order valence-electron chi connectivity index (χ3n) is 4.78. The Kier molecular flexibility index (Phi) is 5.35. The predicted octanol–water partition coefficient (Wildman–Crippen LogP) is 2.85. The first-order valence-corrected chi connectivity index (χ1v) is 11.8. The van der Waals surface area contributed by atoms with Gasteiger partial charge >= 0.3 is 0 Å². The van der Waals surface area contributed by atoms with E-state index in [9.17, 15) is 17.6 Å². The Hall–Kier alpha value is -2.39. The number of sulfone groups is 1. The third-order valence-corrected chi connectivity index (χ3v) is 8.03. The molecule has 2 aromatic carbocycles. The van der Waals surface area contributed by atoms with Gasteiger partial charge in [-0.3, -0.25) is 9.79 Å². The van der Waals surface area contributed by atoms with E-state index in [4.69, 9.17) is 0 Å². The molecule has 9 heteroatoms. The summed E-state index contributed by atoms with van der Waals surface area (Å²) in [5.41, 5.74) is 2.36. The fraction of sp³-hybridized carbons (Fsp3) is 0.300. The Morgan fingerprint density at radius 1 is 1.24 bits per heavy atom. The van der Waals surface area contributed by atoms with Crippen LogP contribution in [0, 0.1) is 12.7 Å². The predicted molar refractivity (Wildman–Crippen MR) is 115 cm³/mol. The maximum atomic E-state index is 13.1. The number of benzene rings is 2. The Balaban J connectivity index is 1.56. The van der Waals surface area contributed by atoms with Crippen LogP contribution in [0.2, 0.25) is 0 Å². The van der Waals surface area contributed by atoms with Crippen molar-refractivity contribution in [2.75, 3.05) is 28.3 Å². The molecule has 2 atom stereocenters. The number of halogens is 1. The molecule has 0 saturated carbocycles. The minimum absolute atomic E-state index is 0.0128. The molecule has 2 aromatic rings.